The highest BCUT2D eigenvalue weighted by Crippen LogP contribution is 1.97. The maximum atomic E-state index is 3.93. The second-order valence-corrected chi connectivity index (χ2v) is 1.84. The van der Waals surface area contributed by atoms with Crippen molar-refractivity contribution in [2.24, 2.45) is 0 Å². The standard InChI is InChI=1S/C7H5N2/c1-2-4-9-6-8-5-7(9)3-1/h1-3,5-6H. The molecule has 0 aliphatic rings. The number of hydrogen-bond acceptors (Lipinski definition) is 1. The van der Waals surface area contributed by atoms with Gasteiger partial charge in [-0.1, -0.05) is 6.07 Å². The molecule has 0 bridgehead atoms. The average Bonchev–Trinajstić information content (AvgIpc) is 2.33. The van der Waals surface area contributed by atoms with E-state index in [2.05, 4.69) is 11.2 Å². The van der Waals surface area contributed by atoms with Crippen LogP contribution in [-0.2, 0) is 0 Å². The van der Waals surface area contributed by atoms with Crippen LogP contribution in [0.25, 0.3) is 5.52 Å². The summed E-state index contributed by atoms with van der Waals surface area (Å²) in [6.07, 6.45) is 6.52. The zero-order valence-electron chi connectivity index (χ0n) is 4.78. The molecule has 1 radical (unpaired) electrons. The second-order valence-electron chi connectivity index (χ2n) is 1.84. The number of aromatic nitrogens is 2. The molecular weight excluding hydrogens is 112 g/mol. The minimum atomic E-state index is 1.08. The van der Waals surface area contributed by atoms with Gasteiger partial charge in [-0.2, -0.15) is 0 Å². The van der Waals surface area contributed by atoms with Crippen LogP contribution in [0.3, 0.4) is 0 Å². The van der Waals surface area contributed by atoms with E-state index in [0.717, 1.165) is 5.52 Å². The molecule has 43 valence electrons. The fourth-order valence-corrected chi connectivity index (χ4v) is 0.806. The predicted molar refractivity (Wildman–Crippen MR) is 34.0 cm³/mol. The quantitative estimate of drug-likeness (QED) is 0.505. The SMILES string of the molecule is [c]1cccc2cncn12. The normalized spacial score (nSPS) is 10.2. The third kappa shape index (κ3) is 0.598. The molecule has 0 aliphatic heterocycles. The van der Waals surface area contributed by atoms with Crippen LogP contribution >= 0.6 is 0 Å². The van der Waals surface area contributed by atoms with Gasteiger partial charge in [0.1, 0.15) is 0 Å². The van der Waals surface area contributed by atoms with Gasteiger partial charge in [-0.05, 0) is 12.1 Å². The fraction of sp³-hybridized carbons (Fsp3) is 0. The topological polar surface area (TPSA) is 17.3 Å². The minimum absolute atomic E-state index is 1.08. The van der Waals surface area contributed by atoms with Crippen LogP contribution in [0.4, 0.5) is 0 Å². The van der Waals surface area contributed by atoms with Crippen LogP contribution in [-0.4, -0.2) is 9.38 Å². The summed E-state index contributed by atoms with van der Waals surface area (Å²) in [5.74, 6) is 0. The number of rotatable bonds is 0. The Morgan fingerprint density at radius 2 is 2.56 bits per heavy atom. The van der Waals surface area contributed by atoms with Crippen LogP contribution in [0.5, 0.6) is 0 Å². The number of fused-ring (bicyclic) bond motifs is 1. The first-order valence-corrected chi connectivity index (χ1v) is 2.75. The fourth-order valence-electron chi connectivity index (χ4n) is 0.806. The van der Waals surface area contributed by atoms with Gasteiger partial charge in [0.15, 0.2) is 0 Å². The molecule has 0 N–H and O–H groups in total. The van der Waals surface area contributed by atoms with Crippen molar-refractivity contribution in [1.82, 2.24) is 9.38 Å². The Hall–Kier alpha value is -1.31. The van der Waals surface area contributed by atoms with E-state index in [4.69, 9.17) is 0 Å². The van der Waals surface area contributed by atoms with Crippen LogP contribution in [0.2, 0.25) is 0 Å². The molecule has 0 saturated heterocycles. The number of imidazole rings is 1. The lowest BCUT2D eigenvalue weighted by atomic mass is 10.4. The van der Waals surface area contributed by atoms with E-state index in [9.17, 15) is 0 Å². The van der Waals surface area contributed by atoms with E-state index in [1.54, 1.807) is 12.5 Å². The average molecular weight is 117 g/mol. The highest BCUT2D eigenvalue weighted by Gasteiger charge is 1.85. The van der Waals surface area contributed by atoms with Gasteiger partial charge in [0.25, 0.3) is 0 Å². The van der Waals surface area contributed by atoms with E-state index < -0.39 is 0 Å². The Kier molecular flexibility index (Phi) is 0.803. The van der Waals surface area contributed by atoms with Gasteiger partial charge in [-0.3, -0.25) is 4.40 Å². The summed E-state index contributed by atoms with van der Waals surface area (Å²) >= 11 is 0. The van der Waals surface area contributed by atoms with E-state index in [0.29, 0.717) is 0 Å². The molecule has 0 atom stereocenters. The molecule has 9 heavy (non-hydrogen) atoms. The summed E-state index contributed by atoms with van der Waals surface area (Å²) in [6.45, 7) is 0. The summed E-state index contributed by atoms with van der Waals surface area (Å²) in [5.41, 5.74) is 1.08. The molecule has 0 unspecified atom stereocenters. The molecule has 2 heterocycles. The highest BCUT2D eigenvalue weighted by molar-refractivity contribution is 5.43. The number of hydrogen-bond donors (Lipinski definition) is 0. The third-order valence-corrected chi connectivity index (χ3v) is 1.24. The number of pyridine rings is 1. The first-order chi connectivity index (χ1) is 4.47. The van der Waals surface area contributed by atoms with Crippen molar-refractivity contribution in [3.8, 4) is 0 Å². The van der Waals surface area contributed by atoms with Crippen LogP contribution < -0.4 is 0 Å². The van der Waals surface area contributed by atoms with Crippen LogP contribution in [0.15, 0.2) is 30.7 Å². The van der Waals surface area contributed by atoms with Crippen molar-refractivity contribution < 1.29 is 0 Å². The molecule has 0 saturated carbocycles. The van der Waals surface area contributed by atoms with Crippen molar-refractivity contribution >= 4 is 5.52 Å². The van der Waals surface area contributed by atoms with Gasteiger partial charge in [-0.15, -0.1) is 0 Å². The zero-order valence-corrected chi connectivity index (χ0v) is 4.78. The Bertz CT molecular complexity index is 281. The highest BCUT2D eigenvalue weighted by atomic mass is 15.0. The van der Waals surface area contributed by atoms with Crippen molar-refractivity contribution in [2.45, 2.75) is 0 Å². The first-order valence-electron chi connectivity index (χ1n) is 2.75. The predicted octanol–water partition coefficient (Wildman–Crippen LogP) is 1.13. The first kappa shape index (κ1) is 4.56. The maximum absolute atomic E-state index is 3.93. The summed E-state index contributed by atoms with van der Waals surface area (Å²) in [4.78, 5) is 3.93. The number of nitrogens with zero attached hydrogens (tertiary/aromatic N) is 2. The van der Waals surface area contributed by atoms with Crippen LogP contribution in [0, 0.1) is 6.20 Å². The van der Waals surface area contributed by atoms with Gasteiger partial charge >= 0.3 is 0 Å². The monoisotopic (exact) mass is 117 g/mol. The van der Waals surface area contributed by atoms with Gasteiger partial charge in [0.05, 0.1) is 24.2 Å². The molecule has 2 rings (SSSR count). The largest absolute Gasteiger partial charge is 0.297 e. The van der Waals surface area contributed by atoms with Crippen molar-refractivity contribution in [1.29, 1.82) is 0 Å². The lowest BCUT2D eigenvalue weighted by Gasteiger charge is -1.85. The van der Waals surface area contributed by atoms with E-state index >= 15 is 0 Å². The molecule has 2 aromatic heterocycles. The molecule has 2 aromatic rings. The maximum Gasteiger partial charge on any atom is 0.0997 e. The molecule has 0 aliphatic carbocycles. The van der Waals surface area contributed by atoms with E-state index in [1.165, 1.54) is 0 Å². The zero-order chi connectivity index (χ0) is 6.10. The second kappa shape index (κ2) is 1.58. The van der Waals surface area contributed by atoms with E-state index in [1.807, 2.05) is 22.6 Å². The van der Waals surface area contributed by atoms with Gasteiger partial charge in [0, 0.05) is 0 Å². The molecule has 0 fully saturated rings. The molecule has 0 amide bonds. The third-order valence-electron chi connectivity index (χ3n) is 1.24. The Balaban J connectivity index is 2.95. The lowest BCUT2D eigenvalue weighted by Crippen LogP contribution is -1.76. The van der Waals surface area contributed by atoms with E-state index in [-0.39, 0.29) is 0 Å². The Labute approximate surface area is 52.8 Å². The lowest BCUT2D eigenvalue weighted by molar-refractivity contribution is 1.14. The summed E-state index contributed by atoms with van der Waals surface area (Å²) in [6, 6.07) is 5.79. The molecule has 0 spiro atoms. The smallest absolute Gasteiger partial charge is 0.0997 e. The molecular formula is C7H5N2. The summed E-state index contributed by atoms with van der Waals surface area (Å²) in [7, 11) is 0. The van der Waals surface area contributed by atoms with Crippen molar-refractivity contribution in [3.05, 3.63) is 36.9 Å². The van der Waals surface area contributed by atoms with Gasteiger partial charge < -0.3 is 0 Å². The minimum Gasteiger partial charge on any atom is -0.297 e. The summed E-state index contributed by atoms with van der Waals surface area (Å²) in [5, 5.41) is 0. The molecule has 0 aromatic carbocycles. The van der Waals surface area contributed by atoms with Gasteiger partial charge in [0.2, 0.25) is 0 Å². The Morgan fingerprint density at radius 3 is 3.44 bits per heavy atom. The van der Waals surface area contributed by atoms with Crippen molar-refractivity contribution in [3.63, 3.8) is 0 Å². The van der Waals surface area contributed by atoms with Gasteiger partial charge in [-0.25, -0.2) is 4.98 Å². The Morgan fingerprint density at radius 1 is 1.56 bits per heavy atom. The molecule has 2 nitrogen and oxygen atoms in total. The molecule has 2 heteroatoms. The summed E-state index contributed by atoms with van der Waals surface area (Å²) < 4.78 is 1.85. The van der Waals surface area contributed by atoms with Crippen molar-refractivity contribution in [2.75, 3.05) is 0 Å². The van der Waals surface area contributed by atoms with Crippen LogP contribution in [0.1, 0.15) is 0 Å².